The summed E-state index contributed by atoms with van der Waals surface area (Å²) in [5, 5.41) is 3.23. The highest BCUT2D eigenvalue weighted by atomic mass is 79.9. The topological polar surface area (TPSA) is 29.9 Å². The van der Waals surface area contributed by atoms with E-state index in [1.807, 2.05) is 42.1 Å². The summed E-state index contributed by atoms with van der Waals surface area (Å²) < 4.78 is 2.96. The van der Waals surface area contributed by atoms with Crippen LogP contribution in [-0.2, 0) is 7.05 Å². The summed E-state index contributed by atoms with van der Waals surface area (Å²) >= 11 is 3.47. The fraction of sp³-hybridized carbons (Fsp3) is 0.100. The average Bonchev–Trinajstić information content (AvgIpc) is 2.56. The molecule has 2 aromatic rings. The van der Waals surface area contributed by atoms with E-state index in [1.165, 1.54) is 0 Å². The Balaban J connectivity index is 2.28. The predicted octanol–water partition coefficient (Wildman–Crippen LogP) is 2.93. The lowest BCUT2D eigenvalue weighted by Crippen LogP contribution is -1.98. The Morgan fingerprint density at radius 2 is 2.14 bits per heavy atom. The quantitative estimate of drug-likeness (QED) is 0.890. The lowest BCUT2D eigenvalue weighted by molar-refractivity contribution is 0.924. The summed E-state index contributed by atoms with van der Waals surface area (Å²) in [5.74, 6) is 0.830. The molecule has 1 aromatic carbocycles. The second kappa shape index (κ2) is 3.84. The Kier molecular flexibility index (Phi) is 2.54. The molecule has 0 bridgehead atoms. The normalized spacial score (nSPS) is 10.1. The number of para-hydroxylation sites is 1. The zero-order chi connectivity index (χ0) is 9.97. The van der Waals surface area contributed by atoms with Crippen molar-refractivity contribution in [2.45, 2.75) is 0 Å². The summed E-state index contributed by atoms with van der Waals surface area (Å²) in [6.45, 7) is 0. The summed E-state index contributed by atoms with van der Waals surface area (Å²) in [7, 11) is 1.95. The van der Waals surface area contributed by atoms with Crippen molar-refractivity contribution in [2.75, 3.05) is 5.32 Å². The van der Waals surface area contributed by atoms with Gasteiger partial charge in [0.1, 0.15) is 0 Å². The molecule has 0 aliphatic carbocycles. The van der Waals surface area contributed by atoms with Gasteiger partial charge in [-0.25, -0.2) is 4.98 Å². The molecule has 0 radical (unpaired) electrons. The highest BCUT2D eigenvalue weighted by Gasteiger charge is 2.01. The maximum absolute atomic E-state index is 4.18. The van der Waals surface area contributed by atoms with Gasteiger partial charge in [0.25, 0.3) is 0 Å². The second-order valence-electron chi connectivity index (χ2n) is 2.97. The van der Waals surface area contributed by atoms with E-state index in [9.17, 15) is 0 Å². The van der Waals surface area contributed by atoms with Crippen LogP contribution in [0.15, 0.2) is 41.1 Å². The van der Waals surface area contributed by atoms with Crippen molar-refractivity contribution in [2.24, 2.45) is 7.05 Å². The summed E-state index contributed by atoms with van der Waals surface area (Å²) in [5.41, 5.74) is 1.02. The number of aromatic nitrogens is 2. The van der Waals surface area contributed by atoms with Crippen molar-refractivity contribution in [3.63, 3.8) is 0 Å². The maximum atomic E-state index is 4.18. The van der Waals surface area contributed by atoms with Crippen molar-refractivity contribution in [3.05, 3.63) is 41.1 Å². The van der Waals surface area contributed by atoms with Crippen LogP contribution in [0.5, 0.6) is 0 Å². The Labute approximate surface area is 90.9 Å². The molecule has 0 amide bonds. The third kappa shape index (κ3) is 1.80. The van der Waals surface area contributed by atoms with Gasteiger partial charge in [0.2, 0.25) is 5.95 Å². The first kappa shape index (κ1) is 9.27. The summed E-state index contributed by atoms with van der Waals surface area (Å²) in [4.78, 5) is 4.18. The van der Waals surface area contributed by atoms with Crippen molar-refractivity contribution in [3.8, 4) is 0 Å². The first-order valence-electron chi connectivity index (χ1n) is 4.26. The molecule has 1 aromatic heterocycles. The Morgan fingerprint density at radius 3 is 2.79 bits per heavy atom. The van der Waals surface area contributed by atoms with Crippen LogP contribution in [0.4, 0.5) is 11.6 Å². The van der Waals surface area contributed by atoms with Crippen LogP contribution >= 0.6 is 15.9 Å². The molecule has 72 valence electrons. The smallest absolute Gasteiger partial charge is 0.207 e. The van der Waals surface area contributed by atoms with Gasteiger partial charge in [-0.15, -0.1) is 0 Å². The van der Waals surface area contributed by atoms with E-state index in [0.29, 0.717) is 0 Å². The highest BCUT2D eigenvalue weighted by molar-refractivity contribution is 9.10. The van der Waals surface area contributed by atoms with Gasteiger partial charge < -0.3 is 9.88 Å². The maximum Gasteiger partial charge on any atom is 0.207 e. The molecule has 14 heavy (non-hydrogen) atoms. The van der Waals surface area contributed by atoms with Crippen LogP contribution in [0.25, 0.3) is 0 Å². The minimum absolute atomic E-state index is 0.830. The first-order valence-corrected chi connectivity index (χ1v) is 5.05. The van der Waals surface area contributed by atoms with E-state index in [-0.39, 0.29) is 0 Å². The van der Waals surface area contributed by atoms with E-state index in [4.69, 9.17) is 0 Å². The molecule has 0 saturated carbocycles. The lowest BCUT2D eigenvalue weighted by atomic mass is 10.3. The average molecular weight is 252 g/mol. The zero-order valence-corrected chi connectivity index (χ0v) is 9.32. The summed E-state index contributed by atoms with van der Waals surface area (Å²) in [6.07, 6.45) is 3.67. The number of hydrogen-bond acceptors (Lipinski definition) is 2. The standard InChI is InChI=1S/C10H10BrN3/c1-14-7-6-12-10(14)13-9-5-3-2-4-8(9)11/h2-7H,1H3,(H,12,13). The van der Waals surface area contributed by atoms with Crippen LogP contribution in [0.1, 0.15) is 0 Å². The predicted molar refractivity (Wildman–Crippen MR) is 60.6 cm³/mol. The number of benzene rings is 1. The second-order valence-corrected chi connectivity index (χ2v) is 3.82. The van der Waals surface area contributed by atoms with Gasteiger partial charge in [0, 0.05) is 23.9 Å². The van der Waals surface area contributed by atoms with Crippen LogP contribution in [0.2, 0.25) is 0 Å². The molecule has 0 spiro atoms. The Bertz CT molecular complexity index is 436. The number of anilines is 2. The molecule has 1 N–H and O–H groups in total. The molecular weight excluding hydrogens is 242 g/mol. The largest absolute Gasteiger partial charge is 0.325 e. The van der Waals surface area contributed by atoms with Gasteiger partial charge in [-0.05, 0) is 28.1 Å². The highest BCUT2D eigenvalue weighted by Crippen LogP contribution is 2.23. The van der Waals surface area contributed by atoms with Gasteiger partial charge in [-0.2, -0.15) is 0 Å². The van der Waals surface area contributed by atoms with Crippen LogP contribution < -0.4 is 5.32 Å². The van der Waals surface area contributed by atoms with E-state index >= 15 is 0 Å². The molecule has 0 aliphatic rings. The minimum atomic E-state index is 0.830. The molecule has 0 atom stereocenters. The number of nitrogens with zero attached hydrogens (tertiary/aromatic N) is 2. The number of rotatable bonds is 2. The van der Waals surface area contributed by atoms with E-state index in [1.54, 1.807) is 6.20 Å². The minimum Gasteiger partial charge on any atom is -0.325 e. The molecule has 0 fully saturated rings. The third-order valence-electron chi connectivity index (χ3n) is 1.94. The van der Waals surface area contributed by atoms with Crippen molar-refractivity contribution in [1.82, 2.24) is 9.55 Å². The zero-order valence-electron chi connectivity index (χ0n) is 7.74. The molecular formula is C10H10BrN3. The molecule has 0 unspecified atom stereocenters. The van der Waals surface area contributed by atoms with E-state index < -0.39 is 0 Å². The molecule has 3 nitrogen and oxygen atoms in total. The first-order chi connectivity index (χ1) is 6.77. The van der Waals surface area contributed by atoms with Gasteiger partial charge in [0.15, 0.2) is 0 Å². The fourth-order valence-corrected chi connectivity index (χ4v) is 1.55. The molecule has 2 rings (SSSR count). The Hall–Kier alpha value is -1.29. The van der Waals surface area contributed by atoms with Crippen molar-refractivity contribution < 1.29 is 0 Å². The monoisotopic (exact) mass is 251 g/mol. The third-order valence-corrected chi connectivity index (χ3v) is 2.63. The van der Waals surface area contributed by atoms with Crippen molar-refractivity contribution in [1.29, 1.82) is 0 Å². The number of nitrogens with one attached hydrogen (secondary N) is 1. The van der Waals surface area contributed by atoms with Gasteiger partial charge >= 0.3 is 0 Å². The number of imidazole rings is 1. The van der Waals surface area contributed by atoms with Crippen LogP contribution in [0, 0.1) is 0 Å². The van der Waals surface area contributed by atoms with Gasteiger partial charge in [0.05, 0.1) is 5.69 Å². The molecule has 4 heteroatoms. The van der Waals surface area contributed by atoms with Gasteiger partial charge in [-0.1, -0.05) is 12.1 Å². The van der Waals surface area contributed by atoms with Gasteiger partial charge in [-0.3, -0.25) is 0 Å². The van der Waals surface area contributed by atoms with E-state index in [0.717, 1.165) is 16.1 Å². The van der Waals surface area contributed by atoms with Crippen LogP contribution in [-0.4, -0.2) is 9.55 Å². The lowest BCUT2D eigenvalue weighted by Gasteiger charge is -2.07. The fourth-order valence-electron chi connectivity index (χ4n) is 1.17. The Morgan fingerprint density at radius 1 is 1.36 bits per heavy atom. The molecule has 0 aliphatic heterocycles. The van der Waals surface area contributed by atoms with E-state index in [2.05, 4.69) is 26.2 Å². The van der Waals surface area contributed by atoms with Crippen LogP contribution in [0.3, 0.4) is 0 Å². The SMILES string of the molecule is Cn1ccnc1Nc1ccccc1Br. The number of halogens is 1. The molecule has 1 heterocycles. The molecule has 0 saturated heterocycles. The number of hydrogen-bond donors (Lipinski definition) is 1. The number of aryl methyl sites for hydroxylation is 1. The summed E-state index contributed by atoms with van der Waals surface area (Å²) in [6, 6.07) is 7.95. The van der Waals surface area contributed by atoms with Crippen molar-refractivity contribution >= 4 is 27.6 Å².